The van der Waals surface area contributed by atoms with Crippen LogP contribution in [-0.2, 0) is 32.3 Å². The summed E-state index contributed by atoms with van der Waals surface area (Å²) in [6.07, 6.45) is 0. The van der Waals surface area contributed by atoms with Gasteiger partial charge in [-0.15, -0.1) is 0 Å². The lowest BCUT2D eigenvalue weighted by Gasteiger charge is -2.25. The zero-order valence-corrected chi connectivity index (χ0v) is 18.5. The van der Waals surface area contributed by atoms with E-state index in [-0.39, 0.29) is 39.3 Å². The summed E-state index contributed by atoms with van der Waals surface area (Å²) in [5, 5.41) is 2.87. The molecule has 180 valence electrons. The lowest BCUT2D eigenvalue weighted by Crippen LogP contribution is -2.56. The van der Waals surface area contributed by atoms with E-state index in [1.807, 2.05) is 60.7 Å². The van der Waals surface area contributed by atoms with Crippen molar-refractivity contribution in [3.8, 4) is 0 Å². The van der Waals surface area contributed by atoms with Gasteiger partial charge in [0.25, 0.3) is 0 Å². The molecule has 2 aromatic carbocycles. The second-order valence-corrected chi connectivity index (χ2v) is 7.56. The molecule has 0 aliphatic carbocycles. The highest BCUT2D eigenvalue weighted by Gasteiger charge is 2.18. The summed E-state index contributed by atoms with van der Waals surface area (Å²) in [4.78, 5) is 49.4. The largest absolute Gasteiger partial charge is 0.290 e. The fraction of sp³-hybridized carbons (Fsp3) is 0.273. The Bertz CT molecular complexity index is 858. The summed E-state index contributed by atoms with van der Waals surface area (Å²) in [5.74, 6) is -1.78. The van der Waals surface area contributed by atoms with Crippen LogP contribution in [0, 0.1) is 0 Å². The first kappa shape index (κ1) is 24.8. The molecule has 4 amide bonds. The Hall–Kier alpha value is -3.84. The third-order valence-electron chi connectivity index (χ3n) is 4.62. The summed E-state index contributed by atoms with van der Waals surface area (Å²) < 4.78 is 0. The highest BCUT2D eigenvalue weighted by atomic mass is 16.2. The quantitative estimate of drug-likeness (QED) is 0.312. The van der Waals surface area contributed by atoms with Gasteiger partial charge in [0.05, 0.1) is 26.2 Å². The van der Waals surface area contributed by atoms with Gasteiger partial charge >= 0.3 is 0 Å². The number of hydrazine groups is 4. The van der Waals surface area contributed by atoms with Crippen molar-refractivity contribution in [3.63, 3.8) is 0 Å². The minimum absolute atomic E-state index is 0.165. The third-order valence-corrected chi connectivity index (χ3v) is 4.62. The Morgan fingerprint density at radius 1 is 0.559 bits per heavy atom. The van der Waals surface area contributed by atoms with Gasteiger partial charge in [-0.1, -0.05) is 60.7 Å². The maximum atomic E-state index is 12.4. The maximum Gasteiger partial charge on any atom is 0.250 e. The zero-order chi connectivity index (χ0) is 24.2. The van der Waals surface area contributed by atoms with E-state index in [0.29, 0.717) is 0 Å². The Morgan fingerprint density at radius 2 is 0.941 bits per heavy atom. The van der Waals surface area contributed by atoms with Crippen LogP contribution in [0.3, 0.4) is 0 Å². The van der Waals surface area contributed by atoms with Crippen LogP contribution in [-0.4, -0.2) is 59.8 Å². The van der Waals surface area contributed by atoms with Crippen LogP contribution in [0.15, 0.2) is 60.7 Å². The highest BCUT2D eigenvalue weighted by Crippen LogP contribution is 2.03. The number of nitrogens with one attached hydrogen (secondary N) is 6. The Balaban J connectivity index is 1.64. The number of carbonyl (C=O) groups is 4. The van der Waals surface area contributed by atoms with E-state index in [2.05, 4.69) is 32.6 Å². The van der Waals surface area contributed by atoms with Crippen LogP contribution in [0.1, 0.15) is 11.1 Å². The van der Waals surface area contributed by atoms with E-state index in [1.165, 1.54) is 10.0 Å². The number of carbonyl (C=O) groups excluding carboxylic acids is 4. The SMILES string of the molecule is O=C1CN(Cc2ccccc2)NC(=O)CNNC(=O)CN(Cc2ccccc2)NC(=O)CNN1. The second kappa shape index (κ2) is 13.0. The number of hydrogen-bond acceptors (Lipinski definition) is 8. The van der Waals surface area contributed by atoms with Crippen LogP contribution < -0.4 is 32.6 Å². The van der Waals surface area contributed by atoms with Crippen molar-refractivity contribution in [2.75, 3.05) is 26.2 Å². The molecule has 6 N–H and O–H groups in total. The van der Waals surface area contributed by atoms with Crippen molar-refractivity contribution in [1.82, 2.24) is 42.6 Å². The minimum atomic E-state index is -0.446. The predicted molar refractivity (Wildman–Crippen MR) is 122 cm³/mol. The first-order valence-corrected chi connectivity index (χ1v) is 10.7. The van der Waals surface area contributed by atoms with Crippen molar-refractivity contribution in [3.05, 3.63) is 71.8 Å². The van der Waals surface area contributed by atoms with Crippen LogP contribution >= 0.6 is 0 Å². The van der Waals surface area contributed by atoms with Gasteiger partial charge in [0.1, 0.15) is 0 Å². The number of rotatable bonds is 4. The minimum Gasteiger partial charge on any atom is -0.290 e. The van der Waals surface area contributed by atoms with E-state index in [1.54, 1.807) is 0 Å². The summed E-state index contributed by atoms with van der Waals surface area (Å²) in [6.45, 7) is -0.212. The molecule has 1 heterocycles. The van der Waals surface area contributed by atoms with Crippen molar-refractivity contribution >= 4 is 23.6 Å². The zero-order valence-electron chi connectivity index (χ0n) is 18.5. The molecule has 0 unspecified atom stereocenters. The Kier molecular flexibility index (Phi) is 9.49. The van der Waals surface area contributed by atoms with Crippen molar-refractivity contribution in [2.24, 2.45) is 0 Å². The number of nitrogens with zero attached hydrogens (tertiary/aromatic N) is 2. The van der Waals surface area contributed by atoms with E-state index < -0.39 is 23.6 Å². The molecule has 0 radical (unpaired) electrons. The van der Waals surface area contributed by atoms with Crippen LogP contribution in [0.25, 0.3) is 0 Å². The number of hydrogen-bond donors (Lipinski definition) is 6. The van der Waals surface area contributed by atoms with Crippen LogP contribution in [0.2, 0.25) is 0 Å². The first-order chi connectivity index (χ1) is 16.5. The van der Waals surface area contributed by atoms with E-state index in [0.717, 1.165) is 11.1 Å². The molecular weight excluding hydrogens is 440 g/mol. The standard InChI is InChI=1S/C22H28N8O4/c31-19-11-23-26-22(34)16-30(14-18-9-5-2-6-10-18)28-20(32)12-24-25-21(33)15-29(27-19)13-17-7-3-1-4-8-17/h1-10,23-24H,11-16H2,(H,25,33)(H,26,34)(H,27,31)(H,28,32). The van der Waals surface area contributed by atoms with Crippen molar-refractivity contribution in [1.29, 1.82) is 0 Å². The molecule has 0 saturated carbocycles. The highest BCUT2D eigenvalue weighted by molar-refractivity contribution is 5.83. The predicted octanol–water partition coefficient (Wildman–Crippen LogP) is -1.69. The second-order valence-electron chi connectivity index (χ2n) is 7.56. The molecule has 12 nitrogen and oxygen atoms in total. The lowest BCUT2D eigenvalue weighted by atomic mass is 10.2. The van der Waals surface area contributed by atoms with Crippen LogP contribution in [0.5, 0.6) is 0 Å². The van der Waals surface area contributed by atoms with Crippen molar-refractivity contribution < 1.29 is 19.2 Å². The maximum absolute atomic E-state index is 12.4. The van der Waals surface area contributed by atoms with E-state index in [9.17, 15) is 19.2 Å². The van der Waals surface area contributed by atoms with Gasteiger partial charge in [-0.2, -0.15) is 0 Å². The van der Waals surface area contributed by atoms with Gasteiger partial charge in [-0.05, 0) is 11.1 Å². The topological polar surface area (TPSA) is 147 Å². The normalized spacial score (nSPS) is 17.9. The average Bonchev–Trinajstić information content (AvgIpc) is 2.79. The van der Waals surface area contributed by atoms with E-state index >= 15 is 0 Å². The lowest BCUT2D eigenvalue weighted by molar-refractivity contribution is -0.130. The molecule has 1 saturated heterocycles. The third kappa shape index (κ3) is 8.96. The molecule has 0 aromatic heterocycles. The molecular formula is C22H28N8O4. The average molecular weight is 469 g/mol. The van der Waals surface area contributed by atoms with Gasteiger partial charge in [0, 0.05) is 13.1 Å². The summed E-state index contributed by atoms with van der Waals surface area (Å²) in [5.41, 5.74) is 17.1. The van der Waals surface area contributed by atoms with Crippen LogP contribution in [0.4, 0.5) is 0 Å². The molecule has 12 heteroatoms. The van der Waals surface area contributed by atoms with Gasteiger partial charge in [0.15, 0.2) is 0 Å². The van der Waals surface area contributed by atoms with E-state index in [4.69, 9.17) is 0 Å². The first-order valence-electron chi connectivity index (χ1n) is 10.7. The van der Waals surface area contributed by atoms with Gasteiger partial charge < -0.3 is 0 Å². The molecule has 3 rings (SSSR count). The monoisotopic (exact) mass is 468 g/mol. The summed E-state index contributed by atoms with van der Waals surface area (Å²) in [6, 6.07) is 18.6. The van der Waals surface area contributed by atoms with Gasteiger partial charge in [0.2, 0.25) is 23.6 Å². The molecule has 0 spiro atoms. The Labute approximate surface area is 196 Å². The molecule has 1 aliphatic heterocycles. The Morgan fingerprint density at radius 3 is 1.32 bits per heavy atom. The fourth-order valence-corrected chi connectivity index (χ4v) is 3.18. The molecule has 1 aliphatic rings. The summed E-state index contributed by atoms with van der Waals surface area (Å²) in [7, 11) is 0. The van der Waals surface area contributed by atoms with Gasteiger partial charge in [-0.25, -0.2) is 20.9 Å². The molecule has 34 heavy (non-hydrogen) atoms. The summed E-state index contributed by atoms with van der Waals surface area (Å²) >= 11 is 0. The smallest absolute Gasteiger partial charge is 0.250 e. The van der Waals surface area contributed by atoms with Gasteiger partial charge in [-0.3, -0.25) is 40.9 Å². The van der Waals surface area contributed by atoms with Crippen molar-refractivity contribution in [2.45, 2.75) is 13.1 Å². The number of benzene rings is 2. The molecule has 1 fully saturated rings. The molecule has 0 atom stereocenters. The number of amides is 4. The fourth-order valence-electron chi connectivity index (χ4n) is 3.18. The molecule has 2 aromatic rings. The molecule has 0 bridgehead atoms.